The molecule has 4 aromatic carbocycles. The molecular formula is C21H15Br. The second kappa shape index (κ2) is 5.58. The van der Waals surface area contributed by atoms with Crippen molar-refractivity contribution in [2.75, 3.05) is 0 Å². The Bertz CT molecular complexity index is 876. The molecule has 0 aromatic heterocycles. The van der Waals surface area contributed by atoms with Crippen LogP contribution in [0.4, 0.5) is 0 Å². The first-order valence-corrected chi connectivity index (χ1v) is 8.34. The lowest BCUT2D eigenvalue weighted by Gasteiger charge is -2.13. The molecule has 0 atom stereocenters. The van der Waals surface area contributed by atoms with E-state index in [-0.39, 0.29) is 4.83 Å². The molecule has 0 N–H and O–H groups in total. The van der Waals surface area contributed by atoms with Gasteiger partial charge in [0.2, 0.25) is 0 Å². The van der Waals surface area contributed by atoms with Gasteiger partial charge in [0.25, 0.3) is 0 Å². The van der Waals surface area contributed by atoms with Gasteiger partial charge in [0.05, 0.1) is 4.83 Å². The zero-order chi connectivity index (χ0) is 14.9. The van der Waals surface area contributed by atoms with Gasteiger partial charge in [0.1, 0.15) is 0 Å². The molecule has 0 unspecified atom stereocenters. The molecule has 0 nitrogen and oxygen atoms in total. The van der Waals surface area contributed by atoms with Crippen molar-refractivity contribution in [2.24, 2.45) is 0 Å². The number of hydrogen-bond acceptors (Lipinski definition) is 0. The number of halogens is 1. The quantitative estimate of drug-likeness (QED) is 0.364. The zero-order valence-electron chi connectivity index (χ0n) is 12.0. The fourth-order valence-electron chi connectivity index (χ4n) is 2.92. The highest BCUT2D eigenvalue weighted by Crippen LogP contribution is 2.34. The van der Waals surface area contributed by atoms with Gasteiger partial charge in [-0.15, -0.1) is 0 Å². The van der Waals surface area contributed by atoms with Gasteiger partial charge in [-0.3, -0.25) is 0 Å². The van der Waals surface area contributed by atoms with Crippen LogP contribution < -0.4 is 0 Å². The van der Waals surface area contributed by atoms with E-state index in [0.717, 1.165) is 0 Å². The summed E-state index contributed by atoms with van der Waals surface area (Å²) in [5.41, 5.74) is 2.57. The van der Waals surface area contributed by atoms with Crippen molar-refractivity contribution in [3.63, 3.8) is 0 Å². The van der Waals surface area contributed by atoms with E-state index in [0.29, 0.717) is 0 Å². The van der Waals surface area contributed by atoms with Gasteiger partial charge in [0.15, 0.2) is 0 Å². The lowest BCUT2D eigenvalue weighted by molar-refractivity contribution is 1.19. The minimum absolute atomic E-state index is 0.210. The molecule has 0 heterocycles. The SMILES string of the molecule is BrC(c1ccc2ccccc2c1)c1ccc2ccccc2c1. The number of fused-ring (bicyclic) bond motifs is 2. The molecule has 0 amide bonds. The number of hydrogen-bond donors (Lipinski definition) is 0. The van der Waals surface area contributed by atoms with Gasteiger partial charge < -0.3 is 0 Å². The van der Waals surface area contributed by atoms with Crippen molar-refractivity contribution in [3.8, 4) is 0 Å². The second-order valence-corrected chi connectivity index (χ2v) is 6.49. The molecule has 106 valence electrons. The minimum Gasteiger partial charge on any atom is -0.0786 e. The third kappa shape index (κ3) is 2.42. The normalized spacial score (nSPS) is 11.4. The van der Waals surface area contributed by atoms with E-state index in [9.17, 15) is 0 Å². The molecular weight excluding hydrogens is 332 g/mol. The van der Waals surface area contributed by atoms with Gasteiger partial charge in [-0.2, -0.15) is 0 Å². The van der Waals surface area contributed by atoms with E-state index in [2.05, 4.69) is 101 Å². The third-order valence-corrected chi connectivity index (χ3v) is 5.19. The van der Waals surface area contributed by atoms with Gasteiger partial charge in [-0.1, -0.05) is 88.7 Å². The third-order valence-electron chi connectivity index (χ3n) is 4.13. The summed E-state index contributed by atoms with van der Waals surface area (Å²) in [6.45, 7) is 0. The highest BCUT2D eigenvalue weighted by molar-refractivity contribution is 9.09. The fourth-order valence-corrected chi connectivity index (χ4v) is 3.49. The first kappa shape index (κ1) is 13.5. The highest BCUT2D eigenvalue weighted by Gasteiger charge is 2.11. The second-order valence-electron chi connectivity index (χ2n) is 5.58. The van der Waals surface area contributed by atoms with Crippen LogP contribution in [0, 0.1) is 0 Å². The van der Waals surface area contributed by atoms with Crippen molar-refractivity contribution in [1.82, 2.24) is 0 Å². The Morgan fingerprint density at radius 2 is 0.909 bits per heavy atom. The molecule has 4 rings (SSSR count). The van der Waals surface area contributed by atoms with E-state index in [4.69, 9.17) is 0 Å². The Hall–Kier alpha value is -2.12. The molecule has 22 heavy (non-hydrogen) atoms. The van der Waals surface area contributed by atoms with Crippen LogP contribution in [0.3, 0.4) is 0 Å². The van der Waals surface area contributed by atoms with E-state index in [1.165, 1.54) is 32.7 Å². The van der Waals surface area contributed by atoms with Gasteiger partial charge in [-0.25, -0.2) is 0 Å². The summed E-state index contributed by atoms with van der Waals surface area (Å²) in [5, 5.41) is 5.13. The lowest BCUT2D eigenvalue weighted by Crippen LogP contribution is -1.93. The molecule has 0 aliphatic rings. The Balaban J connectivity index is 1.78. The Morgan fingerprint density at radius 1 is 0.500 bits per heavy atom. The Kier molecular flexibility index (Phi) is 3.44. The maximum Gasteiger partial charge on any atom is 0.0645 e. The molecule has 0 aliphatic heterocycles. The summed E-state index contributed by atoms with van der Waals surface area (Å²) in [4.78, 5) is 0.210. The standard InChI is InChI=1S/C21H15Br/c22-21(19-11-9-15-5-1-3-7-17(15)13-19)20-12-10-16-6-2-4-8-18(16)14-20/h1-14,21H. The first-order chi connectivity index (χ1) is 10.8. The smallest absolute Gasteiger partial charge is 0.0645 e. The first-order valence-electron chi connectivity index (χ1n) is 7.43. The van der Waals surface area contributed by atoms with Gasteiger partial charge in [0, 0.05) is 0 Å². The number of rotatable bonds is 2. The fraction of sp³-hybridized carbons (Fsp3) is 0.0476. The summed E-state index contributed by atoms with van der Waals surface area (Å²) >= 11 is 3.87. The summed E-state index contributed by atoms with van der Waals surface area (Å²) in [7, 11) is 0. The average molecular weight is 347 g/mol. The van der Waals surface area contributed by atoms with E-state index in [1.54, 1.807) is 0 Å². The van der Waals surface area contributed by atoms with E-state index >= 15 is 0 Å². The van der Waals surface area contributed by atoms with Crippen molar-refractivity contribution in [1.29, 1.82) is 0 Å². The zero-order valence-corrected chi connectivity index (χ0v) is 13.6. The van der Waals surface area contributed by atoms with Crippen LogP contribution >= 0.6 is 15.9 Å². The van der Waals surface area contributed by atoms with Crippen LogP contribution in [-0.2, 0) is 0 Å². The maximum absolute atomic E-state index is 3.87. The van der Waals surface area contributed by atoms with Crippen molar-refractivity contribution < 1.29 is 0 Å². The molecule has 1 heteroatoms. The molecule has 0 radical (unpaired) electrons. The molecule has 0 bridgehead atoms. The van der Waals surface area contributed by atoms with Crippen LogP contribution in [-0.4, -0.2) is 0 Å². The highest BCUT2D eigenvalue weighted by atomic mass is 79.9. The lowest BCUT2D eigenvalue weighted by atomic mass is 9.99. The molecule has 4 aromatic rings. The van der Waals surface area contributed by atoms with Crippen molar-refractivity contribution in [3.05, 3.63) is 96.1 Å². The number of alkyl halides is 1. The Morgan fingerprint density at radius 3 is 1.36 bits per heavy atom. The van der Waals surface area contributed by atoms with Gasteiger partial charge in [-0.05, 0) is 44.8 Å². The van der Waals surface area contributed by atoms with E-state index in [1.807, 2.05) is 0 Å². The van der Waals surface area contributed by atoms with Crippen LogP contribution in [0.2, 0.25) is 0 Å². The van der Waals surface area contributed by atoms with Gasteiger partial charge >= 0.3 is 0 Å². The van der Waals surface area contributed by atoms with Crippen molar-refractivity contribution >= 4 is 37.5 Å². The van der Waals surface area contributed by atoms with Crippen LogP contribution in [0.15, 0.2) is 84.9 Å². The van der Waals surface area contributed by atoms with Crippen LogP contribution in [0.5, 0.6) is 0 Å². The largest absolute Gasteiger partial charge is 0.0786 e. The molecule has 0 fully saturated rings. The molecule has 0 saturated heterocycles. The van der Waals surface area contributed by atoms with Crippen LogP contribution in [0.1, 0.15) is 16.0 Å². The van der Waals surface area contributed by atoms with Crippen LogP contribution in [0.25, 0.3) is 21.5 Å². The molecule has 0 spiro atoms. The predicted molar refractivity (Wildman–Crippen MR) is 98.7 cm³/mol. The van der Waals surface area contributed by atoms with E-state index < -0.39 is 0 Å². The minimum atomic E-state index is 0.210. The monoisotopic (exact) mass is 346 g/mol. The predicted octanol–water partition coefficient (Wildman–Crippen LogP) is 6.48. The number of benzene rings is 4. The topological polar surface area (TPSA) is 0 Å². The average Bonchev–Trinajstić information content (AvgIpc) is 2.60. The van der Waals surface area contributed by atoms with Crippen molar-refractivity contribution in [2.45, 2.75) is 4.83 Å². The summed E-state index contributed by atoms with van der Waals surface area (Å²) < 4.78 is 0. The molecule has 0 saturated carbocycles. The summed E-state index contributed by atoms with van der Waals surface area (Å²) in [5.74, 6) is 0. The Labute approximate surface area is 138 Å². The summed E-state index contributed by atoms with van der Waals surface area (Å²) in [6.07, 6.45) is 0. The maximum atomic E-state index is 3.87. The molecule has 0 aliphatic carbocycles. The summed E-state index contributed by atoms with van der Waals surface area (Å²) in [6, 6.07) is 30.3.